The SMILES string of the molecule is O=C(NCCc1c[nH]c2ccccc12)c1csc2nccn12. The maximum atomic E-state index is 12.2. The summed E-state index contributed by atoms with van der Waals surface area (Å²) in [6, 6.07) is 8.19. The van der Waals surface area contributed by atoms with Gasteiger partial charge in [-0.05, 0) is 18.1 Å². The van der Waals surface area contributed by atoms with Crippen molar-refractivity contribution < 1.29 is 4.79 Å². The number of nitrogens with zero attached hydrogens (tertiary/aromatic N) is 2. The van der Waals surface area contributed by atoms with Gasteiger partial charge < -0.3 is 10.3 Å². The molecule has 3 aromatic heterocycles. The summed E-state index contributed by atoms with van der Waals surface area (Å²) in [5, 5.41) is 6.02. The molecule has 0 saturated heterocycles. The molecular weight excluding hydrogens is 296 g/mol. The molecule has 0 saturated carbocycles. The molecule has 0 unspecified atom stereocenters. The van der Waals surface area contributed by atoms with Gasteiger partial charge in [0.1, 0.15) is 5.69 Å². The van der Waals surface area contributed by atoms with Gasteiger partial charge in [0.2, 0.25) is 0 Å². The highest BCUT2D eigenvalue weighted by molar-refractivity contribution is 7.15. The van der Waals surface area contributed by atoms with Gasteiger partial charge >= 0.3 is 0 Å². The van der Waals surface area contributed by atoms with Crippen LogP contribution in [0.25, 0.3) is 15.9 Å². The van der Waals surface area contributed by atoms with Crippen LogP contribution >= 0.6 is 11.3 Å². The quantitative estimate of drug-likeness (QED) is 0.609. The topological polar surface area (TPSA) is 62.2 Å². The van der Waals surface area contributed by atoms with E-state index < -0.39 is 0 Å². The van der Waals surface area contributed by atoms with Gasteiger partial charge in [-0.15, -0.1) is 11.3 Å². The van der Waals surface area contributed by atoms with E-state index >= 15 is 0 Å². The molecule has 3 heterocycles. The highest BCUT2D eigenvalue weighted by Gasteiger charge is 2.12. The molecule has 0 atom stereocenters. The lowest BCUT2D eigenvalue weighted by Crippen LogP contribution is -2.26. The summed E-state index contributed by atoms with van der Waals surface area (Å²) in [5.41, 5.74) is 2.98. The zero-order chi connectivity index (χ0) is 14.9. The minimum Gasteiger partial charge on any atom is -0.361 e. The van der Waals surface area contributed by atoms with Gasteiger partial charge in [-0.1, -0.05) is 18.2 Å². The standard InChI is InChI=1S/C16H14N4OS/c21-15(14-10-22-16-18-7-8-20(14)16)17-6-5-11-9-19-13-4-2-1-3-12(11)13/h1-4,7-10,19H,5-6H2,(H,17,21). The number of H-pyrrole nitrogens is 1. The minimum absolute atomic E-state index is 0.0657. The number of carbonyl (C=O) groups excluding carboxylic acids is 1. The number of nitrogens with one attached hydrogen (secondary N) is 2. The molecule has 1 aromatic carbocycles. The molecule has 110 valence electrons. The van der Waals surface area contributed by atoms with E-state index in [4.69, 9.17) is 0 Å². The minimum atomic E-state index is -0.0657. The fourth-order valence-corrected chi connectivity index (χ4v) is 3.46. The Kier molecular flexibility index (Phi) is 3.16. The van der Waals surface area contributed by atoms with Crippen molar-refractivity contribution >= 4 is 33.1 Å². The predicted molar refractivity (Wildman–Crippen MR) is 87.4 cm³/mol. The summed E-state index contributed by atoms with van der Waals surface area (Å²) in [5.74, 6) is -0.0657. The second-order valence-corrected chi connectivity index (χ2v) is 5.90. The molecule has 5 nitrogen and oxygen atoms in total. The van der Waals surface area contributed by atoms with Crippen LogP contribution in [0, 0.1) is 0 Å². The first-order chi connectivity index (χ1) is 10.8. The van der Waals surface area contributed by atoms with Crippen LogP contribution in [0.5, 0.6) is 0 Å². The van der Waals surface area contributed by atoms with Crippen LogP contribution in [0.2, 0.25) is 0 Å². The van der Waals surface area contributed by atoms with E-state index in [1.807, 2.05) is 28.1 Å². The van der Waals surface area contributed by atoms with E-state index in [0.29, 0.717) is 12.2 Å². The molecular formula is C16H14N4OS. The molecule has 22 heavy (non-hydrogen) atoms. The number of hydrogen-bond acceptors (Lipinski definition) is 3. The Morgan fingerprint density at radius 3 is 3.23 bits per heavy atom. The van der Waals surface area contributed by atoms with E-state index in [1.165, 1.54) is 22.3 Å². The van der Waals surface area contributed by atoms with Crippen molar-refractivity contribution in [2.45, 2.75) is 6.42 Å². The molecule has 0 spiro atoms. The Balaban J connectivity index is 1.45. The van der Waals surface area contributed by atoms with Gasteiger partial charge in [-0.2, -0.15) is 0 Å². The third-order valence-electron chi connectivity index (χ3n) is 3.73. The Morgan fingerprint density at radius 1 is 1.36 bits per heavy atom. The zero-order valence-electron chi connectivity index (χ0n) is 11.7. The first kappa shape index (κ1) is 13.1. The molecule has 0 fully saturated rings. The molecule has 2 N–H and O–H groups in total. The lowest BCUT2D eigenvalue weighted by atomic mass is 10.1. The van der Waals surface area contributed by atoms with E-state index in [-0.39, 0.29) is 5.91 Å². The van der Waals surface area contributed by atoms with Gasteiger partial charge in [-0.25, -0.2) is 4.98 Å². The Labute approximate surface area is 130 Å². The molecule has 0 aliphatic carbocycles. The Morgan fingerprint density at radius 2 is 2.27 bits per heavy atom. The fourth-order valence-electron chi connectivity index (χ4n) is 2.63. The second kappa shape index (κ2) is 5.31. The third-order valence-corrected chi connectivity index (χ3v) is 4.58. The highest BCUT2D eigenvalue weighted by Crippen LogP contribution is 2.18. The Bertz CT molecular complexity index is 949. The van der Waals surface area contributed by atoms with Crippen molar-refractivity contribution in [3.8, 4) is 0 Å². The van der Waals surface area contributed by atoms with Gasteiger partial charge in [0.05, 0.1) is 0 Å². The smallest absolute Gasteiger partial charge is 0.269 e. The van der Waals surface area contributed by atoms with Crippen molar-refractivity contribution in [3.05, 3.63) is 59.5 Å². The summed E-state index contributed by atoms with van der Waals surface area (Å²) in [4.78, 5) is 20.5. The first-order valence-corrected chi connectivity index (χ1v) is 7.94. The predicted octanol–water partition coefficient (Wildman–Crippen LogP) is 2.85. The van der Waals surface area contributed by atoms with Gasteiger partial charge in [-0.3, -0.25) is 9.20 Å². The number of hydrogen-bond donors (Lipinski definition) is 2. The van der Waals surface area contributed by atoms with Crippen LogP contribution in [-0.4, -0.2) is 26.8 Å². The number of aromatic nitrogens is 3. The number of amides is 1. The van der Waals surface area contributed by atoms with Crippen molar-refractivity contribution in [3.63, 3.8) is 0 Å². The maximum Gasteiger partial charge on any atom is 0.269 e. The molecule has 0 bridgehead atoms. The number of imidazole rings is 1. The largest absolute Gasteiger partial charge is 0.361 e. The van der Waals surface area contributed by atoms with Crippen molar-refractivity contribution in [1.82, 2.24) is 19.7 Å². The summed E-state index contributed by atoms with van der Waals surface area (Å²) >= 11 is 1.47. The van der Waals surface area contributed by atoms with Crippen LogP contribution in [-0.2, 0) is 6.42 Å². The summed E-state index contributed by atoms with van der Waals surface area (Å²) in [6.45, 7) is 0.604. The average Bonchev–Trinajstić information content (AvgIpc) is 3.22. The summed E-state index contributed by atoms with van der Waals surface area (Å²) in [7, 11) is 0. The first-order valence-electron chi connectivity index (χ1n) is 7.06. The van der Waals surface area contributed by atoms with E-state index in [2.05, 4.69) is 27.4 Å². The number of fused-ring (bicyclic) bond motifs is 2. The summed E-state index contributed by atoms with van der Waals surface area (Å²) in [6.07, 6.45) is 6.32. The lowest BCUT2D eigenvalue weighted by Gasteiger charge is -2.04. The number of para-hydroxylation sites is 1. The molecule has 4 aromatic rings. The molecule has 6 heteroatoms. The van der Waals surface area contributed by atoms with Crippen LogP contribution in [0.4, 0.5) is 0 Å². The van der Waals surface area contributed by atoms with Gasteiger partial charge in [0.15, 0.2) is 4.96 Å². The lowest BCUT2D eigenvalue weighted by molar-refractivity contribution is 0.0948. The molecule has 0 radical (unpaired) electrons. The number of thiazole rings is 1. The molecule has 1 amide bonds. The number of carbonyl (C=O) groups is 1. The normalized spacial score (nSPS) is 11.3. The van der Waals surface area contributed by atoms with Gasteiger partial charge in [0, 0.05) is 41.4 Å². The monoisotopic (exact) mass is 310 g/mol. The van der Waals surface area contributed by atoms with Crippen LogP contribution < -0.4 is 5.32 Å². The van der Waals surface area contributed by atoms with Crippen LogP contribution in [0.1, 0.15) is 16.1 Å². The fraction of sp³-hybridized carbons (Fsp3) is 0.125. The average molecular weight is 310 g/mol. The second-order valence-electron chi connectivity index (χ2n) is 5.07. The van der Waals surface area contributed by atoms with Crippen molar-refractivity contribution in [2.75, 3.05) is 6.54 Å². The molecule has 0 aliphatic heterocycles. The number of benzene rings is 1. The van der Waals surface area contributed by atoms with E-state index in [1.54, 1.807) is 12.4 Å². The zero-order valence-corrected chi connectivity index (χ0v) is 12.6. The maximum absolute atomic E-state index is 12.2. The highest BCUT2D eigenvalue weighted by atomic mass is 32.1. The van der Waals surface area contributed by atoms with Crippen molar-refractivity contribution in [2.24, 2.45) is 0 Å². The van der Waals surface area contributed by atoms with Gasteiger partial charge in [0.25, 0.3) is 5.91 Å². The molecule has 0 aliphatic rings. The summed E-state index contributed by atoms with van der Waals surface area (Å²) < 4.78 is 1.81. The third kappa shape index (κ3) is 2.17. The van der Waals surface area contributed by atoms with Crippen LogP contribution in [0.3, 0.4) is 0 Å². The van der Waals surface area contributed by atoms with Crippen molar-refractivity contribution in [1.29, 1.82) is 0 Å². The van der Waals surface area contributed by atoms with E-state index in [9.17, 15) is 4.79 Å². The van der Waals surface area contributed by atoms with E-state index in [0.717, 1.165) is 16.9 Å². The number of aromatic amines is 1. The van der Waals surface area contributed by atoms with Crippen LogP contribution in [0.15, 0.2) is 48.2 Å². The number of rotatable bonds is 4. The Hall–Kier alpha value is -2.60. The molecule has 4 rings (SSSR count).